The van der Waals surface area contributed by atoms with Gasteiger partial charge in [-0.3, -0.25) is 14.4 Å². The van der Waals surface area contributed by atoms with E-state index in [1.807, 2.05) is 0 Å². The van der Waals surface area contributed by atoms with Gasteiger partial charge in [-0.1, -0.05) is 69.7 Å². The summed E-state index contributed by atoms with van der Waals surface area (Å²) in [5, 5.41) is 51.1. The molecule has 0 aromatic heterocycles. The van der Waals surface area contributed by atoms with Crippen LogP contribution in [0.1, 0.15) is 103 Å². The van der Waals surface area contributed by atoms with Crippen LogP contribution in [-0.2, 0) is 30.4 Å². The quantitative estimate of drug-likeness (QED) is 0.0549. The lowest BCUT2D eigenvalue weighted by Gasteiger charge is -2.29. The van der Waals surface area contributed by atoms with E-state index in [1.165, 1.54) is 12.5 Å². The molecule has 0 radical (unpaired) electrons. The Labute approximate surface area is 282 Å². The van der Waals surface area contributed by atoms with Crippen LogP contribution < -0.4 is 10.1 Å². The number of ether oxygens (including phenoxy) is 1. The highest BCUT2D eigenvalue weighted by atomic mass is 16.5. The van der Waals surface area contributed by atoms with Crippen LogP contribution in [0.4, 0.5) is 0 Å². The first-order valence-electron chi connectivity index (χ1n) is 16.7. The van der Waals surface area contributed by atoms with Gasteiger partial charge in [0.2, 0.25) is 5.91 Å². The Kier molecular flexibility index (Phi) is 20.4. The number of unbranched alkanes of at least 4 members (excludes halogenated alkanes) is 8. The molecule has 0 heterocycles. The molecule has 6 N–H and O–H groups in total. The summed E-state index contributed by atoms with van der Waals surface area (Å²) in [6.07, 6.45) is 12.8. The predicted octanol–water partition coefficient (Wildman–Crippen LogP) is 4.85. The molecule has 0 aliphatic carbocycles. The van der Waals surface area contributed by atoms with Crippen molar-refractivity contribution in [1.29, 1.82) is 0 Å². The molecule has 0 spiro atoms. The van der Waals surface area contributed by atoms with Crippen molar-refractivity contribution in [3.8, 4) is 5.75 Å². The Morgan fingerprint density at radius 3 is 2.04 bits per heavy atom. The SMILES string of the molecule is CCCCCCCC(=O)CCCCCC/C=C/[C@@H](C(=O)N[C@@H](Cc1ccc(OC/C=C(/C)CO)cc1)C(=O)O)[C@@](O)(CC(=O)O)C(=O)O. The van der Waals surface area contributed by atoms with Crippen molar-refractivity contribution < 1.29 is 54.2 Å². The zero-order valence-electron chi connectivity index (χ0n) is 28.2. The third kappa shape index (κ3) is 16.7. The highest BCUT2D eigenvalue weighted by Crippen LogP contribution is 2.26. The summed E-state index contributed by atoms with van der Waals surface area (Å²) in [5.74, 6) is -7.29. The molecule has 48 heavy (non-hydrogen) atoms. The number of Topliss-reactive ketones (excluding diaryl/α,β-unsaturated/α-hetero) is 1. The molecule has 1 aromatic rings. The Morgan fingerprint density at radius 1 is 0.896 bits per heavy atom. The van der Waals surface area contributed by atoms with Crippen molar-refractivity contribution in [1.82, 2.24) is 5.32 Å². The summed E-state index contributed by atoms with van der Waals surface area (Å²) < 4.78 is 5.55. The lowest BCUT2D eigenvalue weighted by atomic mass is 9.82. The normalized spacial score (nSPS) is 14.2. The molecule has 1 aromatic carbocycles. The molecule has 12 heteroatoms. The number of carboxylic acid groups (broad SMARTS) is 3. The monoisotopic (exact) mass is 675 g/mol. The number of amides is 1. The molecule has 0 unspecified atom stereocenters. The van der Waals surface area contributed by atoms with Crippen molar-refractivity contribution in [2.45, 2.75) is 115 Å². The number of carboxylic acids is 3. The Morgan fingerprint density at radius 2 is 1.50 bits per heavy atom. The van der Waals surface area contributed by atoms with Crippen LogP contribution in [0.2, 0.25) is 0 Å². The van der Waals surface area contributed by atoms with Gasteiger partial charge in [0.05, 0.1) is 18.9 Å². The Bertz CT molecular complexity index is 1220. The third-order valence-corrected chi connectivity index (χ3v) is 7.96. The lowest BCUT2D eigenvalue weighted by molar-refractivity contribution is -0.172. The van der Waals surface area contributed by atoms with Crippen LogP contribution in [-0.4, -0.2) is 80.0 Å². The van der Waals surface area contributed by atoms with Crippen LogP contribution in [0.3, 0.4) is 0 Å². The second-order valence-electron chi connectivity index (χ2n) is 12.1. The van der Waals surface area contributed by atoms with Crippen LogP contribution in [0, 0.1) is 5.92 Å². The number of carbonyl (C=O) groups is 5. The standard InChI is InChI=1S/C36H53NO11/c1-3-4-5-8-11-14-28(39)15-12-9-6-7-10-13-16-30(36(47,35(45)46)24-32(40)41)33(42)37-31(34(43)44)23-27-17-19-29(20-18-27)48-22-21-26(2)25-38/h13,16-21,30-31,38,47H,3-12,14-15,22-25H2,1-2H3,(H,37,42)(H,40,41)(H,43,44)(H,45,46)/b16-13+,26-21-/t30-,31-,36-/m0/s1. The summed E-state index contributed by atoms with van der Waals surface area (Å²) in [7, 11) is 0. The van der Waals surface area contributed by atoms with Gasteiger partial charge in [0.25, 0.3) is 0 Å². The van der Waals surface area contributed by atoms with Gasteiger partial charge in [0, 0.05) is 19.3 Å². The van der Waals surface area contributed by atoms with E-state index in [0.29, 0.717) is 37.0 Å². The van der Waals surface area contributed by atoms with Gasteiger partial charge in [0.15, 0.2) is 5.60 Å². The van der Waals surface area contributed by atoms with Gasteiger partial charge >= 0.3 is 17.9 Å². The number of ketones is 1. The summed E-state index contributed by atoms with van der Waals surface area (Å²) >= 11 is 0. The molecule has 0 saturated heterocycles. The molecule has 3 atom stereocenters. The largest absolute Gasteiger partial charge is 0.490 e. The predicted molar refractivity (Wildman–Crippen MR) is 180 cm³/mol. The van der Waals surface area contributed by atoms with Crippen LogP contribution in [0.25, 0.3) is 0 Å². The molecular formula is C36H53NO11. The minimum absolute atomic E-state index is 0.0923. The minimum Gasteiger partial charge on any atom is -0.490 e. The van der Waals surface area contributed by atoms with Gasteiger partial charge in [-0.15, -0.1) is 0 Å². The first-order valence-corrected chi connectivity index (χ1v) is 16.7. The van der Waals surface area contributed by atoms with Crippen molar-refractivity contribution in [3.05, 3.63) is 53.6 Å². The average molecular weight is 676 g/mol. The molecule has 1 amide bonds. The molecule has 0 saturated carbocycles. The fourth-order valence-electron chi connectivity index (χ4n) is 5.00. The Balaban J connectivity index is 2.84. The van der Waals surface area contributed by atoms with E-state index >= 15 is 0 Å². The van der Waals surface area contributed by atoms with Gasteiger partial charge < -0.3 is 35.6 Å². The van der Waals surface area contributed by atoms with Crippen molar-refractivity contribution in [2.24, 2.45) is 5.92 Å². The van der Waals surface area contributed by atoms with E-state index in [9.17, 15) is 44.4 Å². The number of benzene rings is 1. The molecular weight excluding hydrogens is 622 g/mol. The highest BCUT2D eigenvalue weighted by Gasteiger charge is 2.49. The second kappa shape index (κ2) is 23.3. The smallest absolute Gasteiger partial charge is 0.337 e. The third-order valence-electron chi connectivity index (χ3n) is 7.96. The molecule has 12 nitrogen and oxygen atoms in total. The molecule has 1 rings (SSSR count). The number of hydrogen-bond acceptors (Lipinski definition) is 8. The second-order valence-corrected chi connectivity index (χ2v) is 12.1. The van der Waals surface area contributed by atoms with Crippen molar-refractivity contribution >= 4 is 29.6 Å². The fourth-order valence-corrected chi connectivity index (χ4v) is 5.00. The number of hydrogen-bond donors (Lipinski definition) is 6. The number of rotatable bonds is 27. The fraction of sp³-hybridized carbons (Fsp3) is 0.583. The Hall–Kier alpha value is -4.03. The number of aliphatic carboxylic acids is 3. The maximum absolute atomic E-state index is 13.3. The van der Waals surface area contributed by atoms with Gasteiger partial charge in [0.1, 0.15) is 24.2 Å². The zero-order valence-corrected chi connectivity index (χ0v) is 28.2. The summed E-state index contributed by atoms with van der Waals surface area (Å²) in [6.45, 7) is 4.02. The number of allylic oxidation sites excluding steroid dienone is 1. The maximum atomic E-state index is 13.3. The van der Waals surface area contributed by atoms with Gasteiger partial charge in [-0.25, -0.2) is 9.59 Å². The maximum Gasteiger partial charge on any atom is 0.337 e. The van der Waals surface area contributed by atoms with Crippen LogP contribution >= 0.6 is 0 Å². The number of aliphatic hydroxyl groups excluding tert-OH is 1. The summed E-state index contributed by atoms with van der Waals surface area (Å²) in [6, 6.07) is 4.89. The van der Waals surface area contributed by atoms with Gasteiger partial charge in [-0.2, -0.15) is 0 Å². The molecule has 0 fully saturated rings. The van der Waals surface area contributed by atoms with Gasteiger partial charge in [-0.05, 0) is 62.0 Å². The molecule has 268 valence electrons. The average Bonchev–Trinajstić information content (AvgIpc) is 3.03. The highest BCUT2D eigenvalue weighted by molar-refractivity contribution is 5.94. The van der Waals surface area contributed by atoms with E-state index in [0.717, 1.165) is 56.6 Å². The van der Waals surface area contributed by atoms with E-state index in [-0.39, 0.29) is 25.4 Å². The van der Waals surface area contributed by atoms with Crippen LogP contribution in [0.15, 0.2) is 48.1 Å². The topological polar surface area (TPSA) is 208 Å². The van der Waals surface area contributed by atoms with Crippen molar-refractivity contribution in [2.75, 3.05) is 13.2 Å². The van der Waals surface area contributed by atoms with E-state index in [2.05, 4.69) is 12.2 Å². The van der Waals surface area contributed by atoms with E-state index in [1.54, 1.807) is 37.3 Å². The first-order chi connectivity index (χ1) is 22.8. The van der Waals surface area contributed by atoms with Crippen LogP contribution in [0.5, 0.6) is 5.75 Å². The molecule has 0 aliphatic heterocycles. The van der Waals surface area contributed by atoms with E-state index in [4.69, 9.17) is 9.84 Å². The molecule has 0 aliphatic rings. The number of nitrogens with one attached hydrogen (secondary N) is 1. The van der Waals surface area contributed by atoms with Crippen molar-refractivity contribution in [3.63, 3.8) is 0 Å². The van der Waals surface area contributed by atoms with E-state index < -0.39 is 47.8 Å². The summed E-state index contributed by atoms with van der Waals surface area (Å²) in [5.41, 5.74) is -1.79. The number of aliphatic hydroxyl groups is 2. The summed E-state index contributed by atoms with van der Waals surface area (Å²) in [4.78, 5) is 60.9. The lowest BCUT2D eigenvalue weighted by Crippen LogP contribution is -2.55. The first kappa shape index (κ1) is 42.0. The zero-order chi connectivity index (χ0) is 36.0. The molecule has 0 bridgehead atoms. The number of carbonyl (C=O) groups excluding carboxylic acids is 2. The minimum atomic E-state index is -3.03.